The Kier molecular flexibility index (Phi) is 3.82. The fourth-order valence-corrected chi connectivity index (χ4v) is 1.77. The van der Waals surface area contributed by atoms with E-state index < -0.39 is 0 Å². The smallest absolute Gasteiger partial charge is 0.149 e. The summed E-state index contributed by atoms with van der Waals surface area (Å²) in [6.07, 6.45) is 1.74. The van der Waals surface area contributed by atoms with Crippen LogP contribution in [0.25, 0.3) is 0 Å². The van der Waals surface area contributed by atoms with Crippen LogP contribution in [-0.4, -0.2) is 4.98 Å². The minimum absolute atomic E-state index is 0.568. The third-order valence-electron chi connectivity index (χ3n) is 2.95. The zero-order valence-electron chi connectivity index (χ0n) is 10.9. The number of hydrogen-bond acceptors (Lipinski definition) is 3. The normalized spacial score (nSPS) is 10.6. The van der Waals surface area contributed by atoms with Crippen LogP contribution in [0, 0.1) is 0 Å². The van der Waals surface area contributed by atoms with Crippen LogP contribution in [0.5, 0.6) is 0 Å². The van der Waals surface area contributed by atoms with Crippen molar-refractivity contribution in [1.29, 1.82) is 0 Å². The number of hydrogen-bond donors (Lipinski definition) is 2. The summed E-state index contributed by atoms with van der Waals surface area (Å²) in [6.45, 7) is 5.13. The van der Waals surface area contributed by atoms with Crippen molar-refractivity contribution in [3.63, 3.8) is 0 Å². The Labute approximate surface area is 108 Å². The highest BCUT2D eigenvalue weighted by molar-refractivity contribution is 5.60. The van der Waals surface area contributed by atoms with Crippen molar-refractivity contribution >= 4 is 11.5 Å². The number of anilines is 2. The molecular weight excluding hydrogens is 222 g/mol. The van der Waals surface area contributed by atoms with Crippen LogP contribution in [-0.2, 0) is 6.54 Å². The van der Waals surface area contributed by atoms with Crippen molar-refractivity contribution in [2.45, 2.75) is 26.3 Å². The molecule has 18 heavy (non-hydrogen) atoms. The summed E-state index contributed by atoms with van der Waals surface area (Å²) < 4.78 is 0. The van der Waals surface area contributed by atoms with Crippen molar-refractivity contribution in [2.75, 3.05) is 11.1 Å². The van der Waals surface area contributed by atoms with Crippen molar-refractivity contribution in [2.24, 2.45) is 0 Å². The molecule has 0 unspecified atom stereocenters. The van der Waals surface area contributed by atoms with E-state index in [0.717, 1.165) is 12.4 Å². The van der Waals surface area contributed by atoms with Gasteiger partial charge in [0.1, 0.15) is 5.82 Å². The van der Waals surface area contributed by atoms with Crippen molar-refractivity contribution in [3.05, 3.63) is 53.7 Å². The molecule has 1 heterocycles. The maximum absolute atomic E-state index is 5.82. The van der Waals surface area contributed by atoms with Gasteiger partial charge in [-0.2, -0.15) is 0 Å². The molecule has 0 radical (unpaired) electrons. The molecule has 2 aromatic rings. The van der Waals surface area contributed by atoms with E-state index in [0.29, 0.717) is 11.6 Å². The second kappa shape index (κ2) is 5.54. The highest BCUT2D eigenvalue weighted by atomic mass is 15.0. The first kappa shape index (κ1) is 12.4. The second-order valence-electron chi connectivity index (χ2n) is 4.69. The number of benzene rings is 1. The molecule has 0 aliphatic rings. The first-order valence-electron chi connectivity index (χ1n) is 6.20. The van der Waals surface area contributed by atoms with E-state index in [4.69, 9.17) is 5.73 Å². The number of pyridine rings is 1. The van der Waals surface area contributed by atoms with Crippen LogP contribution < -0.4 is 11.1 Å². The largest absolute Gasteiger partial charge is 0.396 e. The number of nitrogens with two attached hydrogens (primary N) is 1. The number of aromatic nitrogens is 1. The molecule has 0 aliphatic heterocycles. The van der Waals surface area contributed by atoms with Gasteiger partial charge < -0.3 is 11.1 Å². The summed E-state index contributed by atoms with van der Waals surface area (Å²) in [7, 11) is 0. The van der Waals surface area contributed by atoms with E-state index in [-0.39, 0.29) is 0 Å². The molecule has 1 aromatic carbocycles. The molecule has 0 atom stereocenters. The number of nitrogen functional groups attached to an aromatic ring is 1. The van der Waals surface area contributed by atoms with Crippen molar-refractivity contribution in [3.8, 4) is 0 Å². The summed E-state index contributed by atoms with van der Waals surface area (Å²) in [4.78, 5) is 4.20. The maximum Gasteiger partial charge on any atom is 0.149 e. The molecule has 3 heteroatoms. The molecule has 1 aromatic heterocycles. The molecule has 94 valence electrons. The van der Waals surface area contributed by atoms with E-state index >= 15 is 0 Å². The molecule has 0 saturated heterocycles. The Morgan fingerprint density at radius 3 is 2.50 bits per heavy atom. The van der Waals surface area contributed by atoms with Gasteiger partial charge in [0.25, 0.3) is 0 Å². The van der Waals surface area contributed by atoms with E-state index in [1.54, 1.807) is 6.20 Å². The summed E-state index contributed by atoms with van der Waals surface area (Å²) in [6, 6.07) is 12.3. The molecule has 2 rings (SSSR count). The van der Waals surface area contributed by atoms with Crippen molar-refractivity contribution < 1.29 is 0 Å². The Hall–Kier alpha value is -2.03. The fraction of sp³-hybridized carbons (Fsp3) is 0.267. The predicted molar refractivity (Wildman–Crippen MR) is 76.5 cm³/mol. The van der Waals surface area contributed by atoms with Gasteiger partial charge in [-0.3, -0.25) is 0 Å². The van der Waals surface area contributed by atoms with Gasteiger partial charge in [-0.05, 0) is 29.2 Å². The van der Waals surface area contributed by atoms with Gasteiger partial charge in [-0.1, -0.05) is 38.1 Å². The van der Waals surface area contributed by atoms with Crippen LogP contribution in [0.15, 0.2) is 42.6 Å². The van der Waals surface area contributed by atoms with E-state index in [2.05, 4.69) is 48.4 Å². The lowest BCUT2D eigenvalue weighted by atomic mass is 10.0. The zero-order valence-corrected chi connectivity index (χ0v) is 10.9. The number of nitrogens with zero attached hydrogens (tertiary/aromatic N) is 1. The van der Waals surface area contributed by atoms with E-state index in [9.17, 15) is 0 Å². The van der Waals surface area contributed by atoms with E-state index in [1.165, 1.54) is 11.1 Å². The van der Waals surface area contributed by atoms with Crippen LogP contribution in [0.3, 0.4) is 0 Å². The van der Waals surface area contributed by atoms with Crippen LogP contribution in [0.4, 0.5) is 11.5 Å². The molecule has 0 fully saturated rings. The molecule has 0 bridgehead atoms. The minimum Gasteiger partial charge on any atom is -0.396 e. The Morgan fingerprint density at radius 1 is 1.17 bits per heavy atom. The molecule has 3 nitrogen and oxygen atoms in total. The average molecular weight is 241 g/mol. The molecule has 0 saturated carbocycles. The lowest BCUT2D eigenvalue weighted by molar-refractivity contribution is 0.865. The van der Waals surface area contributed by atoms with Gasteiger partial charge in [0.15, 0.2) is 0 Å². The fourth-order valence-electron chi connectivity index (χ4n) is 1.77. The third kappa shape index (κ3) is 3.00. The Morgan fingerprint density at radius 2 is 1.89 bits per heavy atom. The lowest BCUT2D eigenvalue weighted by Gasteiger charge is -2.09. The zero-order chi connectivity index (χ0) is 13.0. The van der Waals surface area contributed by atoms with Gasteiger partial charge in [-0.15, -0.1) is 0 Å². The molecule has 0 spiro atoms. The van der Waals surface area contributed by atoms with Gasteiger partial charge in [-0.25, -0.2) is 4.98 Å². The van der Waals surface area contributed by atoms with Crippen LogP contribution in [0.2, 0.25) is 0 Å². The Bertz CT molecular complexity index is 503. The predicted octanol–water partition coefficient (Wildman–Crippen LogP) is 3.40. The lowest BCUT2D eigenvalue weighted by Crippen LogP contribution is -2.04. The first-order valence-corrected chi connectivity index (χ1v) is 6.20. The van der Waals surface area contributed by atoms with Crippen LogP contribution in [0.1, 0.15) is 30.9 Å². The van der Waals surface area contributed by atoms with E-state index in [1.807, 2.05) is 12.1 Å². The summed E-state index contributed by atoms with van der Waals surface area (Å²) in [5.41, 5.74) is 9.08. The maximum atomic E-state index is 5.82. The van der Waals surface area contributed by atoms with Gasteiger partial charge >= 0.3 is 0 Å². The molecule has 3 N–H and O–H groups in total. The van der Waals surface area contributed by atoms with Crippen LogP contribution >= 0.6 is 0 Å². The number of rotatable bonds is 4. The molecular formula is C15H19N3. The highest BCUT2D eigenvalue weighted by Crippen LogP contribution is 2.17. The topological polar surface area (TPSA) is 50.9 Å². The second-order valence-corrected chi connectivity index (χ2v) is 4.69. The average Bonchev–Trinajstić information content (AvgIpc) is 2.38. The molecule has 0 amide bonds. The summed E-state index contributed by atoms with van der Waals surface area (Å²) in [5.74, 6) is 1.31. The Balaban J connectivity index is 2.00. The summed E-state index contributed by atoms with van der Waals surface area (Å²) in [5, 5.41) is 3.24. The quantitative estimate of drug-likeness (QED) is 0.862. The molecule has 0 aliphatic carbocycles. The standard InChI is InChI=1S/C15H19N3/c1-11(2)13-7-5-12(6-8-13)10-18-15-14(16)4-3-9-17-15/h3-9,11H,10,16H2,1-2H3,(H,17,18). The number of nitrogens with one attached hydrogen (secondary N) is 1. The monoisotopic (exact) mass is 241 g/mol. The van der Waals surface area contributed by atoms with Gasteiger partial charge in [0.2, 0.25) is 0 Å². The SMILES string of the molecule is CC(C)c1ccc(CNc2ncccc2N)cc1. The first-order chi connectivity index (χ1) is 8.66. The summed E-state index contributed by atoms with van der Waals surface area (Å²) >= 11 is 0. The highest BCUT2D eigenvalue weighted by Gasteiger charge is 2.01. The third-order valence-corrected chi connectivity index (χ3v) is 2.95. The minimum atomic E-state index is 0.568. The van der Waals surface area contributed by atoms with Gasteiger partial charge in [0, 0.05) is 12.7 Å². The van der Waals surface area contributed by atoms with Crippen molar-refractivity contribution in [1.82, 2.24) is 4.98 Å². The van der Waals surface area contributed by atoms with Gasteiger partial charge in [0.05, 0.1) is 5.69 Å².